The maximum atomic E-state index is 13.0. The number of ether oxygens (including phenoxy) is 1. The van der Waals surface area contributed by atoms with Crippen LogP contribution >= 0.6 is 11.3 Å². The van der Waals surface area contributed by atoms with Crippen molar-refractivity contribution in [3.63, 3.8) is 0 Å². The molecule has 6 nitrogen and oxygen atoms in total. The van der Waals surface area contributed by atoms with E-state index in [9.17, 15) is 8.42 Å². The Morgan fingerprint density at radius 1 is 1.07 bits per heavy atom. The van der Waals surface area contributed by atoms with Gasteiger partial charge in [-0.1, -0.05) is 29.0 Å². The number of hydrogen-bond acceptors (Lipinski definition) is 6. The van der Waals surface area contributed by atoms with Crippen LogP contribution in [-0.4, -0.2) is 43.1 Å². The standard InChI is InChI=1S/C21H23N3O3S2/c1-15-5-11-19(12-6-15)29(25,26)24-13-3-4-17(14-24)21-23-22-20(28-21)16-7-9-18(27-2)10-8-16/h5-12,17H,3-4,13-14H2,1-2H3. The van der Waals surface area contributed by atoms with Gasteiger partial charge in [0.2, 0.25) is 10.0 Å². The van der Waals surface area contributed by atoms with E-state index in [2.05, 4.69) is 10.2 Å². The number of aryl methyl sites for hydroxylation is 1. The molecule has 4 rings (SSSR count). The Bertz CT molecular complexity index is 1080. The van der Waals surface area contributed by atoms with Crippen LogP contribution in [0, 0.1) is 6.92 Å². The summed E-state index contributed by atoms with van der Waals surface area (Å²) in [5.41, 5.74) is 2.02. The lowest BCUT2D eigenvalue weighted by atomic mass is 10.0. The van der Waals surface area contributed by atoms with Gasteiger partial charge in [0.25, 0.3) is 0 Å². The van der Waals surface area contributed by atoms with E-state index < -0.39 is 10.0 Å². The van der Waals surface area contributed by atoms with E-state index in [0.717, 1.165) is 39.7 Å². The van der Waals surface area contributed by atoms with Crippen molar-refractivity contribution in [1.29, 1.82) is 0 Å². The molecule has 1 saturated heterocycles. The smallest absolute Gasteiger partial charge is 0.243 e. The minimum atomic E-state index is -3.50. The second-order valence-electron chi connectivity index (χ2n) is 7.19. The fourth-order valence-electron chi connectivity index (χ4n) is 3.47. The first-order valence-electron chi connectivity index (χ1n) is 9.52. The molecule has 8 heteroatoms. The van der Waals surface area contributed by atoms with E-state index in [-0.39, 0.29) is 5.92 Å². The van der Waals surface area contributed by atoms with Crippen molar-refractivity contribution >= 4 is 21.4 Å². The van der Waals surface area contributed by atoms with Gasteiger partial charge in [0.05, 0.1) is 12.0 Å². The predicted molar refractivity (Wildman–Crippen MR) is 114 cm³/mol. The Kier molecular flexibility index (Phi) is 5.67. The summed E-state index contributed by atoms with van der Waals surface area (Å²) >= 11 is 1.53. The number of hydrogen-bond donors (Lipinski definition) is 0. The van der Waals surface area contributed by atoms with Crippen molar-refractivity contribution in [2.45, 2.75) is 30.6 Å². The molecule has 29 heavy (non-hydrogen) atoms. The average molecular weight is 430 g/mol. The highest BCUT2D eigenvalue weighted by Crippen LogP contribution is 2.34. The van der Waals surface area contributed by atoms with Crippen LogP contribution < -0.4 is 4.74 Å². The highest BCUT2D eigenvalue weighted by molar-refractivity contribution is 7.89. The molecule has 152 valence electrons. The number of rotatable bonds is 5. The summed E-state index contributed by atoms with van der Waals surface area (Å²) in [5.74, 6) is 0.858. The molecule has 0 spiro atoms. The number of methoxy groups -OCH3 is 1. The van der Waals surface area contributed by atoms with Crippen LogP contribution in [0.25, 0.3) is 10.6 Å². The van der Waals surface area contributed by atoms with Crippen molar-refractivity contribution in [2.75, 3.05) is 20.2 Å². The van der Waals surface area contributed by atoms with Gasteiger partial charge in [0.1, 0.15) is 15.8 Å². The molecule has 2 aromatic carbocycles. The summed E-state index contributed by atoms with van der Waals surface area (Å²) in [6, 6.07) is 14.7. The highest BCUT2D eigenvalue weighted by Gasteiger charge is 2.32. The van der Waals surface area contributed by atoms with Crippen LogP contribution in [0.1, 0.15) is 29.3 Å². The van der Waals surface area contributed by atoms with E-state index >= 15 is 0 Å². The number of piperidine rings is 1. The third-order valence-electron chi connectivity index (χ3n) is 5.17. The molecule has 1 aliphatic rings. The van der Waals surface area contributed by atoms with Crippen LogP contribution in [0.4, 0.5) is 0 Å². The molecule has 0 radical (unpaired) electrons. The maximum absolute atomic E-state index is 13.0. The lowest BCUT2D eigenvalue weighted by Crippen LogP contribution is -2.39. The lowest BCUT2D eigenvalue weighted by molar-refractivity contribution is 0.314. The van der Waals surface area contributed by atoms with Gasteiger partial charge >= 0.3 is 0 Å². The normalized spacial score (nSPS) is 17.9. The molecule has 0 amide bonds. The Labute approximate surface area is 175 Å². The van der Waals surface area contributed by atoms with Gasteiger partial charge in [-0.15, -0.1) is 10.2 Å². The van der Waals surface area contributed by atoms with Crippen LogP contribution in [0.3, 0.4) is 0 Å². The number of aromatic nitrogens is 2. The minimum Gasteiger partial charge on any atom is -0.497 e. The van der Waals surface area contributed by atoms with Gasteiger partial charge in [-0.25, -0.2) is 8.42 Å². The monoisotopic (exact) mass is 429 g/mol. The van der Waals surface area contributed by atoms with E-state index in [0.29, 0.717) is 18.0 Å². The van der Waals surface area contributed by atoms with Crippen LogP contribution in [0.2, 0.25) is 0 Å². The molecule has 1 unspecified atom stereocenters. The molecule has 1 fully saturated rings. The largest absolute Gasteiger partial charge is 0.497 e. The zero-order valence-corrected chi connectivity index (χ0v) is 18.0. The van der Waals surface area contributed by atoms with E-state index in [4.69, 9.17) is 4.74 Å². The van der Waals surface area contributed by atoms with Crippen molar-refractivity contribution in [3.8, 4) is 16.3 Å². The molecule has 0 bridgehead atoms. The second kappa shape index (κ2) is 8.22. The Hall–Kier alpha value is -2.29. The summed E-state index contributed by atoms with van der Waals surface area (Å²) in [6.45, 7) is 2.92. The van der Waals surface area contributed by atoms with Gasteiger partial charge in [-0.05, 0) is 56.2 Å². The van der Waals surface area contributed by atoms with Gasteiger partial charge in [-0.2, -0.15) is 4.31 Å². The third-order valence-corrected chi connectivity index (χ3v) is 8.18. The molecule has 2 heterocycles. The van der Waals surface area contributed by atoms with Gasteiger partial charge in [-0.3, -0.25) is 0 Å². The fourth-order valence-corrected chi connectivity index (χ4v) is 5.97. The number of benzene rings is 2. The zero-order chi connectivity index (χ0) is 20.4. The summed E-state index contributed by atoms with van der Waals surface area (Å²) < 4.78 is 32.9. The number of sulfonamides is 1. The first kappa shape index (κ1) is 20.0. The SMILES string of the molecule is COc1ccc(-c2nnc(C3CCCN(S(=O)(=O)c4ccc(C)cc4)C3)s2)cc1. The quantitative estimate of drug-likeness (QED) is 0.611. The Balaban J connectivity index is 1.52. The topological polar surface area (TPSA) is 72.4 Å². The fraction of sp³-hybridized carbons (Fsp3) is 0.333. The van der Waals surface area contributed by atoms with Gasteiger partial charge < -0.3 is 4.74 Å². The summed E-state index contributed by atoms with van der Waals surface area (Å²) in [6.07, 6.45) is 1.73. The molecule has 1 atom stereocenters. The molecule has 0 aliphatic carbocycles. The molecular formula is C21H23N3O3S2. The summed E-state index contributed by atoms with van der Waals surface area (Å²) in [5, 5.41) is 10.4. The van der Waals surface area contributed by atoms with E-state index in [1.807, 2.05) is 43.3 Å². The van der Waals surface area contributed by atoms with Gasteiger partial charge in [0, 0.05) is 24.6 Å². The molecular weight excluding hydrogens is 406 g/mol. The first-order valence-corrected chi connectivity index (χ1v) is 11.8. The summed E-state index contributed by atoms with van der Waals surface area (Å²) in [7, 11) is -1.86. The Morgan fingerprint density at radius 3 is 2.48 bits per heavy atom. The van der Waals surface area contributed by atoms with Crippen molar-refractivity contribution < 1.29 is 13.2 Å². The molecule has 1 aromatic heterocycles. The molecule has 3 aromatic rings. The lowest BCUT2D eigenvalue weighted by Gasteiger charge is -2.30. The highest BCUT2D eigenvalue weighted by atomic mass is 32.2. The second-order valence-corrected chi connectivity index (χ2v) is 10.1. The molecule has 0 N–H and O–H groups in total. The third kappa shape index (κ3) is 4.19. The van der Waals surface area contributed by atoms with Crippen molar-refractivity contribution in [1.82, 2.24) is 14.5 Å². The first-order chi connectivity index (χ1) is 14.0. The minimum absolute atomic E-state index is 0.0634. The van der Waals surface area contributed by atoms with Crippen LogP contribution in [-0.2, 0) is 10.0 Å². The predicted octanol–water partition coefficient (Wildman–Crippen LogP) is 4.09. The van der Waals surface area contributed by atoms with E-state index in [1.54, 1.807) is 23.5 Å². The zero-order valence-electron chi connectivity index (χ0n) is 16.4. The van der Waals surface area contributed by atoms with Gasteiger partial charge in [0.15, 0.2) is 0 Å². The molecule has 1 aliphatic heterocycles. The van der Waals surface area contributed by atoms with E-state index in [1.165, 1.54) is 11.3 Å². The summed E-state index contributed by atoms with van der Waals surface area (Å²) in [4.78, 5) is 0.347. The van der Waals surface area contributed by atoms with Crippen LogP contribution in [0.15, 0.2) is 53.4 Å². The van der Waals surface area contributed by atoms with Crippen LogP contribution in [0.5, 0.6) is 5.75 Å². The van der Waals surface area contributed by atoms with Crippen molar-refractivity contribution in [3.05, 3.63) is 59.1 Å². The average Bonchev–Trinajstić information content (AvgIpc) is 3.24. The maximum Gasteiger partial charge on any atom is 0.243 e. The Morgan fingerprint density at radius 2 is 1.79 bits per heavy atom. The number of nitrogens with zero attached hydrogens (tertiary/aromatic N) is 3. The molecule has 0 saturated carbocycles. The van der Waals surface area contributed by atoms with Crippen molar-refractivity contribution in [2.24, 2.45) is 0 Å².